The van der Waals surface area contributed by atoms with E-state index in [-0.39, 0.29) is 18.3 Å². The van der Waals surface area contributed by atoms with Crippen molar-refractivity contribution < 1.29 is 23.8 Å². The number of likely N-dealkylation sites (tertiary alicyclic amines) is 1. The monoisotopic (exact) mass is 321 g/mol. The van der Waals surface area contributed by atoms with Crippen molar-refractivity contribution in [3.63, 3.8) is 0 Å². The molecule has 0 saturated carbocycles. The van der Waals surface area contributed by atoms with Crippen molar-refractivity contribution >= 4 is 11.9 Å². The van der Waals surface area contributed by atoms with E-state index in [0.29, 0.717) is 44.6 Å². The van der Waals surface area contributed by atoms with E-state index in [0.717, 1.165) is 0 Å². The Balaban J connectivity index is 1.90. The SMILES string of the molecule is O=C(O)[C@H]1CCN(C(=O)C2(c3cccc(F)c3)CCOCC2)C1. The van der Waals surface area contributed by atoms with Gasteiger partial charge in [-0.15, -0.1) is 0 Å². The summed E-state index contributed by atoms with van der Waals surface area (Å²) in [6.07, 6.45) is 1.45. The predicted molar refractivity (Wildman–Crippen MR) is 80.5 cm³/mol. The molecule has 0 unspecified atom stereocenters. The molecule has 2 aliphatic rings. The van der Waals surface area contributed by atoms with Gasteiger partial charge in [-0.1, -0.05) is 12.1 Å². The lowest BCUT2D eigenvalue weighted by molar-refractivity contribution is -0.143. The smallest absolute Gasteiger partial charge is 0.308 e. The van der Waals surface area contributed by atoms with Crippen molar-refractivity contribution in [2.75, 3.05) is 26.3 Å². The summed E-state index contributed by atoms with van der Waals surface area (Å²) in [7, 11) is 0. The highest BCUT2D eigenvalue weighted by atomic mass is 19.1. The Bertz CT molecular complexity index is 612. The standard InChI is InChI=1S/C17H20FNO4/c18-14-3-1-2-13(10-14)17(5-8-23-9-6-17)16(22)19-7-4-12(11-19)15(20)21/h1-3,10,12H,4-9,11H2,(H,20,21)/t12-/m0/s1. The number of ether oxygens (including phenoxy) is 1. The van der Waals surface area contributed by atoms with E-state index in [9.17, 15) is 14.0 Å². The highest BCUT2D eigenvalue weighted by molar-refractivity contribution is 5.89. The second-order valence-electron chi connectivity index (χ2n) is 6.28. The number of carbonyl (C=O) groups excluding carboxylic acids is 1. The van der Waals surface area contributed by atoms with Crippen LogP contribution in [-0.2, 0) is 19.7 Å². The van der Waals surface area contributed by atoms with Gasteiger partial charge in [-0.2, -0.15) is 0 Å². The van der Waals surface area contributed by atoms with Crippen LogP contribution in [0.2, 0.25) is 0 Å². The van der Waals surface area contributed by atoms with Gasteiger partial charge in [-0.25, -0.2) is 4.39 Å². The van der Waals surface area contributed by atoms with Gasteiger partial charge in [0.25, 0.3) is 0 Å². The Morgan fingerprint density at radius 1 is 1.30 bits per heavy atom. The van der Waals surface area contributed by atoms with Gasteiger partial charge in [-0.3, -0.25) is 9.59 Å². The zero-order valence-corrected chi connectivity index (χ0v) is 12.8. The first-order valence-corrected chi connectivity index (χ1v) is 7.89. The van der Waals surface area contributed by atoms with Gasteiger partial charge in [0.2, 0.25) is 5.91 Å². The van der Waals surface area contributed by atoms with Crippen LogP contribution in [0.5, 0.6) is 0 Å². The molecular weight excluding hydrogens is 301 g/mol. The number of carbonyl (C=O) groups is 2. The zero-order valence-electron chi connectivity index (χ0n) is 12.8. The Morgan fingerprint density at radius 2 is 2.04 bits per heavy atom. The molecule has 2 saturated heterocycles. The van der Waals surface area contributed by atoms with Gasteiger partial charge in [0, 0.05) is 26.3 Å². The van der Waals surface area contributed by atoms with Crippen LogP contribution in [-0.4, -0.2) is 48.2 Å². The van der Waals surface area contributed by atoms with Crippen molar-refractivity contribution in [1.82, 2.24) is 4.90 Å². The van der Waals surface area contributed by atoms with Crippen molar-refractivity contribution in [3.05, 3.63) is 35.6 Å². The molecular formula is C17H20FNO4. The number of hydrogen-bond donors (Lipinski definition) is 1. The Labute approximate surface area is 134 Å². The molecule has 5 nitrogen and oxygen atoms in total. The third-order valence-electron chi connectivity index (χ3n) is 4.96. The summed E-state index contributed by atoms with van der Waals surface area (Å²) in [5.41, 5.74) is -0.155. The molecule has 0 bridgehead atoms. The van der Waals surface area contributed by atoms with Crippen LogP contribution in [0.3, 0.4) is 0 Å². The summed E-state index contributed by atoms with van der Waals surface area (Å²) in [6.45, 7) is 1.55. The van der Waals surface area contributed by atoms with Crippen molar-refractivity contribution in [1.29, 1.82) is 0 Å². The van der Waals surface area contributed by atoms with E-state index in [1.807, 2.05) is 0 Å². The molecule has 0 aromatic heterocycles. The lowest BCUT2D eigenvalue weighted by Gasteiger charge is -2.39. The fourth-order valence-electron chi connectivity index (χ4n) is 3.58. The Hall–Kier alpha value is -1.95. The van der Waals surface area contributed by atoms with E-state index in [1.165, 1.54) is 12.1 Å². The first kappa shape index (κ1) is 15.9. The third kappa shape index (κ3) is 2.95. The molecule has 1 amide bonds. The quantitative estimate of drug-likeness (QED) is 0.922. The van der Waals surface area contributed by atoms with E-state index in [2.05, 4.69) is 0 Å². The van der Waals surface area contributed by atoms with Crippen molar-refractivity contribution in [3.8, 4) is 0 Å². The fraction of sp³-hybridized carbons (Fsp3) is 0.529. The summed E-state index contributed by atoms with van der Waals surface area (Å²) in [5.74, 6) is -1.85. The van der Waals surface area contributed by atoms with Gasteiger partial charge in [0.15, 0.2) is 0 Å². The highest BCUT2D eigenvalue weighted by Crippen LogP contribution is 2.38. The lowest BCUT2D eigenvalue weighted by atomic mass is 9.73. The molecule has 0 radical (unpaired) electrons. The van der Waals surface area contributed by atoms with Gasteiger partial charge in [0.1, 0.15) is 5.82 Å². The number of hydrogen-bond acceptors (Lipinski definition) is 3. The van der Waals surface area contributed by atoms with Crippen LogP contribution >= 0.6 is 0 Å². The maximum atomic E-state index is 13.7. The molecule has 2 fully saturated rings. The van der Waals surface area contributed by atoms with Crippen LogP contribution < -0.4 is 0 Å². The minimum atomic E-state index is -0.868. The number of aliphatic carboxylic acids is 1. The summed E-state index contributed by atoms with van der Waals surface area (Å²) < 4.78 is 19.1. The summed E-state index contributed by atoms with van der Waals surface area (Å²) in [5, 5.41) is 9.13. The lowest BCUT2D eigenvalue weighted by Crippen LogP contribution is -2.49. The number of halogens is 1. The molecule has 124 valence electrons. The number of carboxylic acid groups (broad SMARTS) is 1. The first-order chi connectivity index (χ1) is 11.0. The van der Waals surface area contributed by atoms with E-state index in [4.69, 9.17) is 9.84 Å². The minimum absolute atomic E-state index is 0.102. The molecule has 6 heteroatoms. The molecule has 1 aromatic carbocycles. The number of nitrogens with zero attached hydrogens (tertiary/aromatic N) is 1. The normalized spacial score (nSPS) is 23.7. The average Bonchev–Trinajstić information content (AvgIpc) is 3.05. The summed E-state index contributed by atoms with van der Waals surface area (Å²) in [6, 6.07) is 6.15. The molecule has 1 aromatic rings. The van der Waals surface area contributed by atoms with Crippen molar-refractivity contribution in [2.24, 2.45) is 5.92 Å². The van der Waals surface area contributed by atoms with Crippen LogP contribution in [0.4, 0.5) is 4.39 Å². The molecule has 23 heavy (non-hydrogen) atoms. The van der Waals surface area contributed by atoms with Crippen LogP contribution in [0.1, 0.15) is 24.8 Å². The second-order valence-corrected chi connectivity index (χ2v) is 6.28. The van der Waals surface area contributed by atoms with E-state index >= 15 is 0 Å². The molecule has 0 aliphatic carbocycles. The highest BCUT2D eigenvalue weighted by Gasteiger charge is 2.46. The maximum absolute atomic E-state index is 13.7. The van der Waals surface area contributed by atoms with Gasteiger partial charge in [0.05, 0.1) is 11.3 Å². The summed E-state index contributed by atoms with van der Waals surface area (Å²) >= 11 is 0. The van der Waals surface area contributed by atoms with Gasteiger partial charge < -0.3 is 14.7 Å². The van der Waals surface area contributed by atoms with E-state index in [1.54, 1.807) is 17.0 Å². The largest absolute Gasteiger partial charge is 0.481 e. The second kappa shape index (κ2) is 6.28. The van der Waals surface area contributed by atoms with Crippen LogP contribution in [0, 0.1) is 11.7 Å². The van der Waals surface area contributed by atoms with Crippen LogP contribution in [0.25, 0.3) is 0 Å². The topological polar surface area (TPSA) is 66.8 Å². The average molecular weight is 321 g/mol. The number of amides is 1. The molecule has 2 aliphatic heterocycles. The van der Waals surface area contributed by atoms with Crippen LogP contribution in [0.15, 0.2) is 24.3 Å². The Kier molecular flexibility index (Phi) is 4.35. The zero-order chi connectivity index (χ0) is 16.4. The molecule has 3 rings (SSSR count). The minimum Gasteiger partial charge on any atom is -0.481 e. The van der Waals surface area contributed by atoms with E-state index < -0.39 is 17.3 Å². The molecule has 2 heterocycles. The first-order valence-electron chi connectivity index (χ1n) is 7.89. The molecule has 0 spiro atoms. The third-order valence-corrected chi connectivity index (χ3v) is 4.96. The molecule has 1 atom stereocenters. The van der Waals surface area contributed by atoms with Crippen molar-refractivity contribution in [2.45, 2.75) is 24.7 Å². The van der Waals surface area contributed by atoms with Gasteiger partial charge in [-0.05, 0) is 37.0 Å². The number of benzene rings is 1. The number of rotatable bonds is 3. The maximum Gasteiger partial charge on any atom is 0.308 e. The predicted octanol–water partition coefficient (Wildman–Crippen LogP) is 1.81. The fourth-order valence-corrected chi connectivity index (χ4v) is 3.58. The molecule has 1 N–H and O–H groups in total. The summed E-state index contributed by atoms with van der Waals surface area (Å²) in [4.78, 5) is 25.9. The number of carboxylic acids is 1. The Morgan fingerprint density at radius 3 is 2.65 bits per heavy atom. The van der Waals surface area contributed by atoms with Gasteiger partial charge >= 0.3 is 5.97 Å².